The van der Waals surface area contributed by atoms with E-state index in [4.69, 9.17) is 14.2 Å². The number of ether oxygens (including phenoxy) is 3. The number of hydrogen-bond acceptors (Lipinski definition) is 6. The number of rotatable bonds is 9. The molecule has 8 nitrogen and oxygen atoms in total. The van der Waals surface area contributed by atoms with E-state index >= 15 is 0 Å². The molecule has 0 aliphatic rings. The summed E-state index contributed by atoms with van der Waals surface area (Å²) in [4.78, 5) is 12.5. The zero-order valence-corrected chi connectivity index (χ0v) is 20.1. The van der Waals surface area contributed by atoms with Gasteiger partial charge < -0.3 is 19.5 Å². The van der Waals surface area contributed by atoms with E-state index in [1.807, 2.05) is 19.1 Å². The molecule has 0 radical (unpaired) electrons. The fourth-order valence-electron chi connectivity index (χ4n) is 3.16. The van der Waals surface area contributed by atoms with Crippen LogP contribution in [0.4, 0.5) is 11.4 Å². The number of anilines is 2. The van der Waals surface area contributed by atoms with Gasteiger partial charge in [0.2, 0.25) is 11.7 Å². The van der Waals surface area contributed by atoms with E-state index in [9.17, 15) is 13.2 Å². The van der Waals surface area contributed by atoms with Gasteiger partial charge in [0.1, 0.15) is 0 Å². The monoisotopic (exact) mass is 482 g/mol. The van der Waals surface area contributed by atoms with Crippen molar-refractivity contribution >= 4 is 33.4 Å². The molecule has 0 aliphatic carbocycles. The van der Waals surface area contributed by atoms with Crippen LogP contribution in [0.25, 0.3) is 6.08 Å². The lowest BCUT2D eigenvalue weighted by Crippen LogP contribution is -2.13. The van der Waals surface area contributed by atoms with Crippen LogP contribution in [-0.2, 0) is 14.8 Å². The summed E-state index contributed by atoms with van der Waals surface area (Å²) in [5, 5.41) is 2.70. The van der Waals surface area contributed by atoms with Crippen molar-refractivity contribution in [2.75, 3.05) is 31.4 Å². The van der Waals surface area contributed by atoms with Gasteiger partial charge in [-0.05, 0) is 61.5 Å². The smallest absolute Gasteiger partial charge is 0.261 e. The van der Waals surface area contributed by atoms with Crippen LogP contribution in [0.15, 0.2) is 71.6 Å². The molecule has 0 saturated carbocycles. The molecule has 0 aliphatic heterocycles. The third kappa shape index (κ3) is 5.87. The highest BCUT2D eigenvalue weighted by molar-refractivity contribution is 7.92. The molecule has 0 atom stereocenters. The maximum atomic E-state index is 12.6. The summed E-state index contributed by atoms with van der Waals surface area (Å²) in [6, 6.07) is 16.4. The molecular formula is C25H26N2O6S. The summed E-state index contributed by atoms with van der Waals surface area (Å²) >= 11 is 0. The molecule has 3 aromatic carbocycles. The topological polar surface area (TPSA) is 103 Å². The minimum absolute atomic E-state index is 0.0803. The van der Waals surface area contributed by atoms with Gasteiger partial charge in [-0.25, -0.2) is 8.42 Å². The second-order valence-electron chi connectivity index (χ2n) is 7.24. The SMILES string of the molecule is COc1ccc(C=CC(=O)Nc2ccc(S(=O)(=O)Nc3ccc(C)cc3)cc2)c(OC)c1OC. The van der Waals surface area contributed by atoms with Crippen LogP contribution in [0.5, 0.6) is 17.2 Å². The van der Waals surface area contributed by atoms with E-state index in [-0.39, 0.29) is 4.90 Å². The molecule has 0 spiro atoms. The summed E-state index contributed by atoms with van der Waals surface area (Å²) in [6.45, 7) is 1.92. The van der Waals surface area contributed by atoms with Crippen molar-refractivity contribution in [3.63, 3.8) is 0 Å². The highest BCUT2D eigenvalue weighted by Crippen LogP contribution is 2.40. The molecule has 0 unspecified atom stereocenters. The Morgan fingerprint density at radius 1 is 0.794 bits per heavy atom. The van der Waals surface area contributed by atoms with Gasteiger partial charge >= 0.3 is 0 Å². The molecular weight excluding hydrogens is 456 g/mol. The Balaban J connectivity index is 1.69. The normalized spacial score (nSPS) is 11.2. The molecule has 1 amide bonds. The Bertz CT molecular complexity index is 1280. The van der Waals surface area contributed by atoms with Crippen LogP contribution < -0.4 is 24.2 Å². The zero-order valence-electron chi connectivity index (χ0n) is 19.3. The Hall–Kier alpha value is -3.98. The number of sulfonamides is 1. The number of nitrogens with one attached hydrogen (secondary N) is 2. The second kappa shape index (κ2) is 10.8. The zero-order chi connectivity index (χ0) is 24.7. The van der Waals surface area contributed by atoms with Gasteiger partial charge in [0.25, 0.3) is 10.0 Å². The van der Waals surface area contributed by atoms with E-state index in [0.717, 1.165) is 5.56 Å². The average molecular weight is 483 g/mol. The van der Waals surface area contributed by atoms with Crippen molar-refractivity contribution in [1.29, 1.82) is 0 Å². The van der Waals surface area contributed by atoms with Gasteiger partial charge in [-0.2, -0.15) is 0 Å². The molecule has 3 rings (SSSR count). The predicted molar refractivity (Wildman–Crippen MR) is 132 cm³/mol. The van der Waals surface area contributed by atoms with Crippen LogP contribution in [0.1, 0.15) is 11.1 Å². The van der Waals surface area contributed by atoms with Gasteiger partial charge in [0.05, 0.1) is 26.2 Å². The number of aryl methyl sites for hydroxylation is 1. The minimum Gasteiger partial charge on any atom is -0.493 e. The third-order valence-electron chi connectivity index (χ3n) is 4.88. The van der Waals surface area contributed by atoms with Crippen LogP contribution in [0, 0.1) is 6.92 Å². The summed E-state index contributed by atoms with van der Waals surface area (Å²) < 4.78 is 43.7. The highest BCUT2D eigenvalue weighted by atomic mass is 32.2. The molecule has 178 valence electrons. The van der Waals surface area contributed by atoms with Crippen LogP contribution in [0.2, 0.25) is 0 Å². The quantitative estimate of drug-likeness (QED) is 0.436. The summed E-state index contributed by atoms with van der Waals surface area (Å²) in [6.07, 6.45) is 2.92. The third-order valence-corrected chi connectivity index (χ3v) is 6.28. The van der Waals surface area contributed by atoms with Crippen LogP contribution >= 0.6 is 0 Å². The standard InChI is InChI=1S/C25H26N2O6S/c1-17-5-9-20(10-6-17)27-34(29,30)21-13-11-19(12-14-21)26-23(28)16-8-18-7-15-22(31-2)25(33-4)24(18)32-3/h5-16,27H,1-4H3,(H,26,28). The number of amides is 1. The van der Waals surface area contributed by atoms with Gasteiger partial charge in [0.15, 0.2) is 11.5 Å². The van der Waals surface area contributed by atoms with Crippen molar-refractivity contribution in [1.82, 2.24) is 0 Å². The lowest BCUT2D eigenvalue weighted by Gasteiger charge is -2.14. The number of benzene rings is 3. The molecule has 34 heavy (non-hydrogen) atoms. The Kier molecular flexibility index (Phi) is 7.80. The molecule has 0 aromatic heterocycles. The Morgan fingerprint density at radius 2 is 1.41 bits per heavy atom. The number of methoxy groups -OCH3 is 3. The van der Waals surface area contributed by atoms with Gasteiger partial charge in [-0.15, -0.1) is 0 Å². The molecule has 0 fully saturated rings. The molecule has 2 N–H and O–H groups in total. The first-order valence-electron chi connectivity index (χ1n) is 10.2. The van der Waals surface area contributed by atoms with Crippen molar-refractivity contribution in [2.45, 2.75) is 11.8 Å². The van der Waals surface area contributed by atoms with Crippen molar-refractivity contribution in [2.24, 2.45) is 0 Å². The highest BCUT2D eigenvalue weighted by Gasteiger charge is 2.15. The molecule has 3 aromatic rings. The van der Waals surface area contributed by atoms with Crippen LogP contribution in [-0.4, -0.2) is 35.7 Å². The maximum Gasteiger partial charge on any atom is 0.261 e. The lowest BCUT2D eigenvalue weighted by molar-refractivity contribution is -0.111. The van der Waals surface area contributed by atoms with Crippen LogP contribution in [0.3, 0.4) is 0 Å². The van der Waals surface area contributed by atoms with E-state index in [2.05, 4.69) is 10.0 Å². The number of hydrogen-bond donors (Lipinski definition) is 2. The number of carbonyl (C=O) groups excluding carboxylic acids is 1. The van der Waals surface area contributed by atoms with Crippen molar-refractivity contribution in [3.05, 3.63) is 77.9 Å². The minimum atomic E-state index is -3.75. The fourth-order valence-corrected chi connectivity index (χ4v) is 4.22. The number of carbonyl (C=O) groups is 1. The summed E-state index contributed by atoms with van der Waals surface area (Å²) in [5.74, 6) is 0.961. The van der Waals surface area contributed by atoms with E-state index in [1.165, 1.54) is 51.7 Å². The van der Waals surface area contributed by atoms with Gasteiger partial charge in [-0.3, -0.25) is 9.52 Å². The second-order valence-corrected chi connectivity index (χ2v) is 8.92. The average Bonchev–Trinajstić information content (AvgIpc) is 2.83. The first kappa shape index (κ1) is 24.7. The molecule has 0 heterocycles. The molecule has 0 saturated heterocycles. The Labute approximate surface area is 199 Å². The van der Waals surface area contributed by atoms with Crippen molar-refractivity contribution < 1.29 is 27.4 Å². The first-order valence-corrected chi connectivity index (χ1v) is 11.7. The van der Waals surface area contributed by atoms with Crippen molar-refractivity contribution in [3.8, 4) is 17.2 Å². The molecule has 9 heteroatoms. The van der Waals surface area contributed by atoms with Gasteiger partial charge in [-0.1, -0.05) is 17.7 Å². The summed E-state index contributed by atoms with van der Waals surface area (Å²) in [7, 11) is 0.771. The maximum absolute atomic E-state index is 12.6. The predicted octanol–water partition coefficient (Wildman–Crippen LogP) is 4.47. The van der Waals surface area contributed by atoms with E-state index < -0.39 is 15.9 Å². The van der Waals surface area contributed by atoms with E-state index in [1.54, 1.807) is 30.3 Å². The molecule has 0 bridgehead atoms. The van der Waals surface area contributed by atoms with E-state index in [0.29, 0.717) is 34.2 Å². The summed E-state index contributed by atoms with van der Waals surface area (Å²) in [5.41, 5.74) is 2.57. The largest absolute Gasteiger partial charge is 0.493 e. The first-order chi connectivity index (χ1) is 16.3. The fraction of sp³-hybridized carbons (Fsp3) is 0.160. The lowest BCUT2D eigenvalue weighted by atomic mass is 10.1. The van der Waals surface area contributed by atoms with Gasteiger partial charge in [0, 0.05) is 23.0 Å². The Morgan fingerprint density at radius 3 is 2.00 bits per heavy atom.